The lowest BCUT2D eigenvalue weighted by atomic mass is 10.0. The first-order valence-electron chi connectivity index (χ1n) is 10.5. The second-order valence-corrected chi connectivity index (χ2v) is 7.81. The van der Waals surface area contributed by atoms with Gasteiger partial charge in [-0.15, -0.1) is 0 Å². The van der Waals surface area contributed by atoms with Crippen molar-refractivity contribution in [3.8, 4) is 0 Å². The van der Waals surface area contributed by atoms with E-state index >= 15 is 0 Å². The quantitative estimate of drug-likeness (QED) is 0.535. The number of pyridine rings is 1. The summed E-state index contributed by atoms with van der Waals surface area (Å²) in [7, 11) is 0. The smallest absolute Gasteiger partial charge is 0.255 e. The second kappa shape index (κ2) is 10.9. The van der Waals surface area contributed by atoms with E-state index in [9.17, 15) is 18.7 Å². The van der Waals surface area contributed by atoms with Gasteiger partial charge in [-0.3, -0.25) is 9.78 Å². The molecule has 0 aliphatic heterocycles. The highest BCUT2D eigenvalue weighted by atomic mass is 19.1. The first-order chi connectivity index (χ1) is 15.4. The number of carbonyl (C=O) groups excluding carboxylic acids is 1. The van der Waals surface area contributed by atoms with E-state index in [4.69, 9.17) is 5.73 Å². The predicted octanol–water partition coefficient (Wildman–Crippen LogP) is 3.50. The lowest BCUT2D eigenvalue weighted by Gasteiger charge is -2.28. The Labute approximate surface area is 186 Å². The van der Waals surface area contributed by atoms with Crippen LogP contribution in [-0.2, 0) is 19.4 Å². The maximum atomic E-state index is 13.5. The number of hydrogen-bond donors (Lipinski definition) is 2. The summed E-state index contributed by atoms with van der Waals surface area (Å²) < 4.78 is 27.0. The summed E-state index contributed by atoms with van der Waals surface area (Å²) in [4.78, 5) is 18.7. The highest BCUT2D eigenvalue weighted by Crippen LogP contribution is 2.15. The Hall–Kier alpha value is -3.16. The number of nitrogens with two attached hydrogens (primary N) is 1. The van der Waals surface area contributed by atoms with E-state index in [1.807, 2.05) is 24.3 Å². The average molecular weight is 440 g/mol. The van der Waals surface area contributed by atoms with Crippen LogP contribution in [0.15, 0.2) is 67.0 Å². The molecular weight excluding hydrogens is 412 g/mol. The average Bonchev–Trinajstić information content (AvgIpc) is 2.78. The molecule has 168 valence electrons. The molecule has 0 unspecified atom stereocenters. The zero-order valence-electron chi connectivity index (χ0n) is 17.9. The van der Waals surface area contributed by atoms with Gasteiger partial charge in [-0.2, -0.15) is 0 Å². The number of aliphatic hydroxyl groups is 1. The monoisotopic (exact) mass is 439 g/mol. The summed E-state index contributed by atoms with van der Waals surface area (Å²) in [6.07, 6.45) is 2.88. The number of rotatable bonds is 9. The van der Waals surface area contributed by atoms with Crippen LogP contribution in [0, 0.1) is 11.6 Å². The van der Waals surface area contributed by atoms with Gasteiger partial charge < -0.3 is 15.7 Å². The van der Waals surface area contributed by atoms with Gasteiger partial charge in [0.1, 0.15) is 11.6 Å². The first-order valence-corrected chi connectivity index (χ1v) is 10.5. The van der Waals surface area contributed by atoms with Crippen molar-refractivity contribution in [2.45, 2.75) is 38.5 Å². The first kappa shape index (κ1) is 23.5. The van der Waals surface area contributed by atoms with E-state index in [0.29, 0.717) is 11.1 Å². The van der Waals surface area contributed by atoms with Gasteiger partial charge in [-0.25, -0.2) is 8.78 Å². The molecule has 0 aliphatic rings. The highest BCUT2D eigenvalue weighted by molar-refractivity contribution is 5.93. The molecule has 0 saturated carbocycles. The number of halogens is 2. The van der Waals surface area contributed by atoms with E-state index in [1.54, 1.807) is 18.3 Å². The summed E-state index contributed by atoms with van der Waals surface area (Å²) in [5, 5.41) is 10.7. The van der Waals surface area contributed by atoms with E-state index in [0.717, 1.165) is 23.6 Å². The van der Waals surface area contributed by atoms with Crippen molar-refractivity contribution < 1.29 is 18.7 Å². The van der Waals surface area contributed by atoms with Gasteiger partial charge in [0.25, 0.3) is 5.91 Å². The molecule has 3 N–H and O–H groups in total. The number of amides is 1. The maximum Gasteiger partial charge on any atom is 0.255 e. The van der Waals surface area contributed by atoms with Crippen LogP contribution in [0.25, 0.3) is 0 Å². The molecule has 0 radical (unpaired) electrons. The Kier molecular flexibility index (Phi) is 8.03. The van der Waals surface area contributed by atoms with Crippen LogP contribution in [0.1, 0.15) is 34.0 Å². The molecule has 2 atom stereocenters. The number of aliphatic hydroxyl groups excluding tert-OH is 1. The predicted molar refractivity (Wildman–Crippen MR) is 119 cm³/mol. The Morgan fingerprint density at radius 2 is 1.78 bits per heavy atom. The minimum absolute atomic E-state index is 0.0386. The molecule has 2 aromatic carbocycles. The third kappa shape index (κ3) is 6.42. The topological polar surface area (TPSA) is 79.5 Å². The maximum absolute atomic E-state index is 13.5. The van der Waals surface area contributed by atoms with Crippen LogP contribution in [0.3, 0.4) is 0 Å². The van der Waals surface area contributed by atoms with E-state index in [-0.39, 0.29) is 25.4 Å². The molecule has 0 bridgehead atoms. The molecule has 0 spiro atoms. The lowest BCUT2D eigenvalue weighted by molar-refractivity contribution is 0.0554. The zero-order chi connectivity index (χ0) is 23.1. The van der Waals surface area contributed by atoms with Crippen LogP contribution in [0.4, 0.5) is 8.78 Å². The van der Waals surface area contributed by atoms with Crippen molar-refractivity contribution >= 4 is 5.91 Å². The highest BCUT2D eigenvalue weighted by Gasteiger charge is 2.24. The van der Waals surface area contributed by atoms with Crippen molar-refractivity contribution in [2.75, 3.05) is 6.54 Å². The SMILES string of the molecule is CCc1cccc(CN(C[C@@H](O)[C@@H](N)Cc2cc(F)cc(F)c2)C(=O)c2cccnc2)c1. The molecule has 1 heterocycles. The molecule has 0 fully saturated rings. The van der Waals surface area contributed by atoms with Crippen molar-refractivity contribution in [2.24, 2.45) is 5.73 Å². The second-order valence-electron chi connectivity index (χ2n) is 7.81. The molecule has 1 amide bonds. The third-order valence-electron chi connectivity index (χ3n) is 5.26. The fraction of sp³-hybridized carbons (Fsp3) is 0.280. The molecule has 3 rings (SSSR count). The van der Waals surface area contributed by atoms with Crippen LogP contribution < -0.4 is 5.73 Å². The number of hydrogen-bond acceptors (Lipinski definition) is 4. The molecule has 0 aliphatic carbocycles. The van der Waals surface area contributed by atoms with Gasteiger partial charge in [0.2, 0.25) is 0 Å². The van der Waals surface area contributed by atoms with Gasteiger partial charge in [-0.05, 0) is 53.8 Å². The molecule has 3 aromatic rings. The van der Waals surface area contributed by atoms with Crippen LogP contribution in [-0.4, -0.2) is 39.6 Å². The zero-order valence-corrected chi connectivity index (χ0v) is 17.9. The largest absolute Gasteiger partial charge is 0.390 e. The minimum atomic E-state index is -1.10. The fourth-order valence-electron chi connectivity index (χ4n) is 3.56. The number of aromatic nitrogens is 1. The van der Waals surface area contributed by atoms with Crippen LogP contribution in [0.2, 0.25) is 0 Å². The normalized spacial score (nSPS) is 12.9. The van der Waals surface area contributed by atoms with Gasteiger partial charge in [-0.1, -0.05) is 31.2 Å². The Balaban J connectivity index is 1.78. The molecule has 0 saturated heterocycles. The van der Waals surface area contributed by atoms with Crippen molar-refractivity contribution in [1.29, 1.82) is 0 Å². The molecule has 7 heteroatoms. The standard InChI is InChI=1S/C25H27F2N3O2/c1-2-17-5-3-6-18(9-17)15-30(25(32)20-7-4-8-29-14-20)16-24(31)23(28)12-19-10-21(26)13-22(27)11-19/h3-11,13-14,23-24,31H,2,12,15-16,28H2,1H3/t23-,24+/m0/s1. The van der Waals surface area contributed by atoms with Crippen LogP contribution in [0.5, 0.6) is 0 Å². The summed E-state index contributed by atoms with van der Waals surface area (Å²) in [5.41, 5.74) is 8.93. The molecule has 1 aromatic heterocycles. The van der Waals surface area contributed by atoms with E-state index in [1.165, 1.54) is 23.2 Å². The van der Waals surface area contributed by atoms with Crippen molar-refractivity contribution in [3.63, 3.8) is 0 Å². The minimum Gasteiger partial charge on any atom is -0.390 e. The van der Waals surface area contributed by atoms with Gasteiger partial charge in [0, 0.05) is 37.6 Å². The Bertz CT molecular complexity index is 1030. The lowest BCUT2D eigenvalue weighted by Crippen LogP contribution is -2.46. The summed E-state index contributed by atoms with van der Waals surface area (Å²) >= 11 is 0. The number of nitrogens with zero attached hydrogens (tertiary/aromatic N) is 2. The van der Waals surface area contributed by atoms with E-state index in [2.05, 4.69) is 11.9 Å². The Morgan fingerprint density at radius 1 is 1.06 bits per heavy atom. The Morgan fingerprint density at radius 3 is 2.44 bits per heavy atom. The van der Waals surface area contributed by atoms with Crippen molar-refractivity contribution in [3.05, 3.63) is 101 Å². The molecule has 5 nitrogen and oxygen atoms in total. The number of aryl methyl sites for hydroxylation is 1. The van der Waals surface area contributed by atoms with Gasteiger partial charge in [0.15, 0.2) is 0 Å². The van der Waals surface area contributed by atoms with Gasteiger partial charge >= 0.3 is 0 Å². The number of benzene rings is 2. The molecule has 32 heavy (non-hydrogen) atoms. The number of carbonyl (C=O) groups is 1. The summed E-state index contributed by atoms with van der Waals surface area (Å²) in [6, 6.07) is 13.6. The van der Waals surface area contributed by atoms with Crippen molar-refractivity contribution in [1.82, 2.24) is 9.88 Å². The summed E-state index contributed by atoms with van der Waals surface area (Å²) in [5.74, 6) is -1.69. The fourth-order valence-corrected chi connectivity index (χ4v) is 3.56. The third-order valence-corrected chi connectivity index (χ3v) is 5.26. The molecular formula is C25H27F2N3O2. The van der Waals surface area contributed by atoms with E-state index < -0.39 is 23.8 Å². The van der Waals surface area contributed by atoms with Crippen LogP contribution >= 0.6 is 0 Å². The summed E-state index contributed by atoms with van der Waals surface area (Å²) in [6.45, 7) is 2.29. The van der Waals surface area contributed by atoms with Gasteiger partial charge in [0.05, 0.1) is 11.7 Å².